The monoisotopic (exact) mass is 354 g/mol. The van der Waals surface area contributed by atoms with E-state index in [0.717, 1.165) is 31.0 Å². The second kappa shape index (κ2) is 6.45. The maximum Gasteiger partial charge on any atom is 0.256 e. The predicted molar refractivity (Wildman–Crippen MR) is 99.5 cm³/mol. The maximum atomic E-state index is 12.6. The summed E-state index contributed by atoms with van der Waals surface area (Å²) in [5.74, 6) is 0.271. The van der Waals surface area contributed by atoms with Gasteiger partial charge >= 0.3 is 0 Å². The van der Waals surface area contributed by atoms with Crippen molar-refractivity contribution in [1.82, 2.24) is 14.7 Å². The minimum Gasteiger partial charge on any atom is -0.372 e. The first-order valence-electron chi connectivity index (χ1n) is 8.71. The summed E-state index contributed by atoms with van der Waals surface area (Å²) in [6, 6.07) is 7.26. The highest BCUT2D eigenvalue weighted by Crippen LogP contribution is 2.29. The van der Waals surface area contributed by atoms with E-state index in [4.69, 9.17) is 0 Å². The average molecular weight is 354 g/mol. The number of aromatic nitrogens is 2. The van der Waals surface area contributed by atoms with Crippen LogP contribution in [0.25, 0.3) is 0 Å². The Kier molecular flexibility index (Phi) is 4.12. The molecule has 1 aromatic heterocycles. The number of benzene rings is 1. The first kappa shape index (κ1) is 16.6. The molecule has 4 rings (SSSR count). The molecule has 2 aliphatic heterocycles. The second-order valence-electron chi connectivity index (χ2n) is 6.89. The Hall–Kier alpha value is -2.87. The van der Waals surface area contributed by atoms with Crippen LogP contribution in [-0.4, -0.2) is 53.7 Å². The van der Waals surface area contributed by atoms with Crippen molar-refractivity contribution in [3.8, 4) is 0 Å². The molecule has 0 fully saturated rings. The van der Waals surface area contributed by atoms with Crippen molar-refractivity contribution in [2.75, 3.05) is 42.7 Å². The van der Waals surface area contributed by atoms with Crippen LogP contribution in [0.2, 0.25) is 0 Å². The first-order chi connectivity index (χ1) is 12.5. The van der Waals surface area contributed by atoms with E-state index in [1.807, 2.05) is 28.8 Å². The zero-order valence-corrected chi connectivity index (χ0v) is 15.0. The third-order valence-electron chi connectivity index (χ3n) is 4.85. The zero-order valence-electron chi connectivity index (χ0n) is 15.0. The molecule has 26 heavy (non-hydrogen) atoms. The Balaban J connectivity index is 1.55. The van der Waals surface area contributed by atoms with Gasteiger partial charge < -0.3 is 15.5 Å². The third kappa shape index (κ3) is 3.15. The molecule has 0 bridgehead atoms. The molecule has 0 atom stereocenters. The molecule has 8 nitrogen and oxygen atoms in total. The van der Waals surface area contributed by atoms with Gasteiger partial charge in [0.25, 0.3) is 5.91 Å². The molecule has 136 valence electrons. The number of fused-ring (bicyclic) bond motifs is 2. The van der Waals surface area contributed by atoms with Gasteiger partial charge in [-0.05, 0) is 25.2 Å². The molecule has 8 heteroatoms. The molecule has 3 heterocycles. The maximum absolute atomic E-state index is 12.6. The Labute approximate surface area is 151 Å². The highest BCUT2D eigenvalue weighted by atomic mass is 16.2. The molecule has 0 radical (unpaired) electrons. The smallest absolute Gasteiger partial charge is 0.256 e. The molecule has 2 aromatic rings. The molecule has 0 aliphatic carbocycles. The normalized spacial score (nSPS) is 17.2. The number of hydrogen-bond donors (Lipinski definition) is 2. The first-order valence-corrected chi connectivity index (χ1v) is 8.71. The number of rotatable bonds is 2. The lowest BCUT2D eigenvalue weighted by Crippen LogP contribution is -2.30. The van der Waals surface area contributed by atoms with Crippen LogP contribution >= 0.6 is 0 Å². The van der Waals surface area contributed by atoms with Gasteiger partial charge in [-0.3, -0.25) is 19.2 Å². The average Bonchev–Trinajstić information content (AvgIpc) is 2.94. The number of carbonyl (C=O) groups is 2. The summed E-state index contributed by atoms with van der Waals surface area (Å²) < 4.78 is 1.93. The van der Waals surface area contributed by atoms with E-state index >= 15 is 0 Å². The highest BCUT2D eigenvalue weighted by molar-refractivity contribution is 6.06. The molecule has 0 saturated heterocycles. The van der Waals surface area contributed by atoms with Crippen LogP contribution in [0.4, 0.5) is 17.2 Å². The van der Waals surface area contributed by atoms with Crippen LogP contribution < -0.4 is 15.5 Å². The second-order valence-corrected chi connectivity index (χ2v) is 6.89. The van der Waals surface area contributed by atoms with Crippen LogP contribution in [0, 0.1) is 0 Å². The summed E-state index contributed by atoms with van der Waals surface area (Å²) in [6.07, 6.45) is 0.432. The number of amides is 2. The fourth-order valence-corrected chi connectivity index (χ4v) is 3.36. The van der Waals surface area contributed by atoms with Gasteiger partial charge in [0, 0.05) is 44.7 Å². The van der Waals surface area contributed by atoms with Crippen molar-refractivity contribution in [3.05, 3.63) is 35.5 Å². The molecular weight excluding hydrogens is 332 g/mol. The SMILES string of the molecule is CN1CCn2nc(NC(=O)c3ccc4c(c3)NC(=O)CCN4C)cc2C1. The lowest BCUT2D eigenvalue weighted by Gasteiger charge is -2.22. The van der Waals surface area contributed by atoms with Crippen molar-refractivity contribution < 1.29 is 9.59 Å². The minimum absolute atomic E-state index is 0.0425. The van der Waals surface area contributed by atoms with Crippen LogP contribution in [0.3, 0.4) is 0 Å². The Morgan fingerprint density at radius 3 is 2.88 bits per heavy atom. The lowest BCUT2D eigenvalue weighted by atomic mass is 10.1. The van der Waals surface area contributed by atoms with Crippen molar-refractivity contribution in [1.29, 1.82) is 0 Å². The van der Waals surface area contributed by atoms with Crippen LogP contribution in [-0.2, 0) is 17.9 Å². The highest BCUT2D eigenvalue weighted by Gasteiger charge is 2.20. The van der Waals surface area contributed by atoms with Crippen molar-refractivity contribution in [3.63, 3.8) is 0 Å². The van der Waals surface area contributed by atoms with Crippen LogP contribution in [0.15, 0.2) is 24.3 Å². The van der Waals surface area contributed by atoms with Gasteiger partial charge in [-0.25, -0.2) is 0 Å². The van der Waals surface area contributed by atoms with Gasteiger partial charge in [-0.1, -0.05) is 0 Å². The summed E-state index contributed by atoms with van der Waals surface area (Å²) in [7, 11) is 4.00. The number of likely N-dealkylation sites (N-methyl/N-ethyl adjacent to an activating group) is 1. The van der Waals surface area contributed by atoms with Gasteiger partial charge in [0.05, 0.1) is 23.6 Å². The summed E-state index contributed by atoms with van der Waals surface area (Å²) in [5.41, 5.74) is 3.15. The van der Waals surface area contributed by atoms with E-state index in [1.165, 1.54) is 0 Å². The minimum atomic E-state index is -0.238. The van der Waals surface area contributed by atoms with E-state index in [-0.39, 0.29) is 11.8 Å². The third-order valence-corrected chi connectivity index (χ3v) is 4.85. The van der Waals surface area contributed by atoms with Gasteiger partial charge in [-0.2, -0.15) is 5.10 Å². The number of carbonyl (C=O) groups excluding carboxylic acids is 2. The fourth-order valence-electron chi connectivity index (χ4n) is 3.36. The predicted octanol–water partition coefficient (Wildman–Crippen LogP) is 1.36. The van der Waals surface area contributed by atoms with Gasteiger partial charge in [0.2, 0.25) is 5.91 Å². The largest absolute Gasteiger partial charge is 0.372 e. The summed E-state index contributed by atoms with van der Waals surface area (Å²) >= 11 is 0. The zero-order chi connectivity index (χ0) is 18.3. The molecule has 1 aromatic carbocycles. The molecule has 2 amide bonds. The quantitative estimate of drug-likeness (QED) is 0.851. The number of nitrogens with one attached hydrogen (secondary N) is 2. The lowest BCUT2D eigenvalue weighted by molar-refractivity contribution is -0.115. The molecule has 0 saturated carbocycles. The van der Waals surface area contributed by atoms with Gasteiger partial charge in [0.15, 0.2) is 5.82 Å². The Bertz CT molecular complexity index is 875. The number of nitrogens with zero attached hydrogens (tertiary/aromatic N) is 4. The van der Waals surface area contributed by atoms with Gasteiger partial charge in [0.1, 0.15) is 0 Å². The summed E-state index contributed by atoms with van der Waals surface area (Å²) in [5, 5.41) is 10.2. The molecular formula is C18H22N6O2. The summed E-state index contributed by atoms with van der Waals surface area (Å²) in [6.45, 7) is 3.23. The van der Waals surface area contributed by atoms with E-state index in [1.54, 1.807) is 12.1 Å². The molecule has 2 aliphatic rings. The number of anilines is 3. The van der Waals surface area contributed by atoms with Crippen molar-refractivity contribution in [2.45, 2.75) is 19.5 Å². The topological polar surface area (TPSA) is 82.5 Å². The summed E-state index contributed by atoms with van der Waals surface area (Å²) in [4.78, 5) is 28.7. The Morgan fingerprint density at radius 2 is 2.04 bits per heavy atom. The van der Waals surface area contributed by atoms with Crippen molar-refractivity contribution in [2.24, 2.45) is 0 Å². The van der Waals surface area contributed by atoms with E-state index < -0.39 is 0 Å². The molecule has 0 unspecified atom stereocenters. The molecule has 0 spiro atoms. The van der Waals surface area contributed by atoms with Gasteiger partial charge in [-0.15, -0.1) is 0 Å². The van der Waals surface area contributed by atoms with E-state index in [2.05, 4.69) is 27.7 Å². The molecule has 2 N–H and O–H groups in total. The van der Waals surface area contributed by atoms with Crippen molar-refractivity contribution >= 4 is 29.0 Å². The Morgan fingerprint density at radius 1 is 1.19 bits per heavy atom. The van der Waals surface area contributed by atoms with E-state index in [9.17, 15) is 9.59 Å². The van der Waals surface area contributed by atoms with Crippen LogP contribution in [0.1, 0.15) is 22.5 Å². The number of hydrogen-bond acceptors (Lipinski definition) is 5. The van der Waals surface area contributed by atoms with Crippen LogP contribution in [0.5, 0.6) is 0 Å². The fraction of sp³-hybridized carbons (Fsp3) is 0.389. The standard InChI is InChI=1S/C18H22N6O2/c1-22-7-8-24-13(11-22)10-16(21-24)20-18(26)12-3-4-15-14(9-12)19-17(25)5-6-23(15)2/h3-4,9-10H,5-8,11H2,1-2H3,(H,19,25)(H,20,21,26). The van der Waals surface area contributed by atoms with E-state index in [0.29, 0.717) is 30.0 Å².